The maximum Gasteiger partial charge on any atom is 0.123 e. The smallest absolute Gasteiger partial charge is 0.123 e. The summed E-state index contributed by atoms with van der Waals surface area (Å²) in [6.07, 6.45) is 0. The Kier molecular flexibility index (Phi) is 2.72. The van der Waals surface area contributed by atoms with Crippen molar-refractivity contribution in [2.24, 2.45) is 0 Å². The highest BCUT2D eigenvalue weighted by Crippen LogP contribution is 2.29. The summed E-state index contributed by atoms with van der Waals surface area (Å²) in [4.78, 5) is 0. The molecule has 2 unspecified atom stereocenters. The van der Waals surface area contributed by atoms with Crippen molar-refractivity contribution in [3.05, 3.63) is 24.3 Å². The van der Waals surface area contributed by atoms with Gasteiger partial charge in [0.15, 0.2) is 0 Å². The van der Waals surface area contributed by atoms with Crippen molar-refractivity contribution in [2.45, 2.75) is 25.0 Å². The van der Waals surface area contributed by atoms with Crippen LogP contribution in [-0.4, -0.2) is 37.6 Å². The van der Waals surface area contributed by atoms with Crippen LogP contribution < -0.4 is 9.47 Å². The Morgan fingerprint density at radius 2 is 1.22 bits per heavy atom. The second-order valence-corrected chi connectivity index (χ2v) is 5.53. The van der Waals surface area contributed by atoms with E-state index in [4.69, 9.17) is 18.9 Å². The summed E-state index contributed by atoms with van der Waals surface area (Å²) in [6, 6.07) is 7.66. The Labute approximate surface area is 107 Å². The molecular formula is C14H18O4. The van der Waals surface area contributed by atoms with E-state index in [1.54, 1.807) is 0 Å². The van der Waals surface area contributed by atoms with Crippen LogP contribution in [0.1, 0.15) is 13.8 Å². The largest absolute Gasteiger partial charge is 0.490 e. The van der Waals surface area contributed by atoms with E-state index in [-0.39, 0.29) is 11.2 Å². The second-order valence-electron chi connectivity index (χ2n) is 5.53. The van der Waals surface area contributed by atoms with Crippen LogP contribution in [0.2, 0.25) is 0 Å². The summed E-state index contributed by atoms with van der Waals surface area (Å²) in [7, 11) is 0. The maximum absolute atomic E-state index is 5.64. The van der Waals surface area contributed by atoms with Gasteiger partial charge < -0.3 is 18.9 Å². The van der Waals surface area contributed by atoms with Crippen LogP contribution in [0.25, 0.3) is 0 Å². The molecule has 0 aliphatic carbocycles. The van der Waals surface area contributed by atoms with Gasteiger partial charge in [-0.1, -0.05) is 0 Å². The summed E-state index contributed by atoms with van der Waals surface area (Å²) in [5.41, 5.74) is -0.153. The molecule has 2 aliphatic rings. The van der Waals surface area contributed by atoms with Crippen molar-refractivity contribution >= 4 is 0 Å². The minimum Gasteiger partial charge on any atom is -0.490 e. The van der Waals surface area contributed by atoms with Crippen LogP contribution >= 0.6 is 0 Å². The van der Waals surface area contributed by atoms with Gasteiger partial charge in [0.1, 0.15) is 35.9 Å². The molecule has 2 saturated heterocycles. The third-order valence-electron chi connectivity index (χ3n) is 3.19. The molecule has 0 radical (unpaired) electrons. The van der Waals surface area contributed by atoms with E-state index in [9.17, 15) is 0 Å². The highest BCUT2D eigenvalue weighted by molar-refractivity contribution is 5.31. The molecule has 4 heteroatoms. The average molecular weight is 250 g/mol. The van der Waals surface area contributed by atoms with Crippen molar-refractivity contribution < 1.29 is 18.9 Å². The Bertz CT molecular complexity index is 377. The van der Waals surface area contributed by atoms with Crippen molar-refractivity contribution in [3.63, 3.8) is 0 Å². The lowest BCUT2D eigenvalue weighted by atomic mass is 10.2. The van der Waals surface area contributed by atoms with Gasteiger partial charge in [0.05, 0.1) is 13.2 Å². The van der Waals surface area contributed by atoms with Gasteiger partial charge in [0.25, 0.3) is 0 Å². The van der Waals surface area contributed by atoms with Crippen molar-refractivity contribution in [1.29, 1.82) is 0 Å². The maximum atomic E-state index is 5.64. The molecule has 0 saturated carbocycles. The van der Waals surface area contributed by atoms with Gasteiger partial charge in [-0.2, -0.15) is 0 Å². The van der Waals surface area contributed by atoms with Crippen LogP contribution in [-0.2, 0) is 9.47 Å². The van der Waals surface area contributed by atoms with E-state index in [0.717, 1.165) is 24.7 Å². The van der Waals surface area contributed by atoms with Crippen LogP contribution in [0.4, 0.5) is 0 Å². The van der Waals surface area contributed by atoms with E-state index in [2.05, 4.69) is 0 Å². The van der Waals surface area contributed by atoms with Crippen molar-refractivity contribution in [2.75, 3.05) is 26.4 Å². The molecule has 1 aromatic carbocycles. The number of rotatable bonds is 6. The molecule has 2 atom stereocenters. The monoisotopic (exact) mass is 250 g/mol. The number of epoxide rings is 2. The zero-order chi connectivity index (χ0) is 12.6. The molecule has 0 spiro atoms. The molecule has 0 aromatic heterocycles. The Morgan fingerprint density at radius 3 is 1.50 bits per heavy atom. The van der Waals surface area contributed by atoms with Gasteiger partial charge >= 0.3 is 0 Å². The molecule has 0 N–H and O–H groups in total. The lowest BCUT2D eigenvalue weighted by Crippen LogP contribution is -2.17. The molecule has 0 amide bonds. The van der Waals surface area contributed by atoms with Crippen LogP contribution in [0, 0.1) is 0 Å². The summed E-state index contributed by atoms with van der Waals surface area (Å²) >= 11 is 0. The first kappa shape index (κ1) is 11.8. The van der Waals surface area contributed by atoms with Crippen LogP contribution in [0.3, 0.4) is 0 Å². The summed E-state index contributed by atoms with van der Waals surface area (Å²) in [5, 5.41) is 0. The van der Waals surface area contributed by atoms with E-state index in [0.29, 0.717) is 13.2 Å². The molecule has 3 rings (SSSR count). The van der Waals surface area contributed by atoms with Gasteiger partial charge in [-0.05, 0) is 38.1 Å². The zero-order valence-electron chi connectivity index (χ0n) is 10.8. The lowest BCUT2D eigenvalue weighted by Gasteiger charge is -2.11. The molecule has 1 aromatic rings. The topological polar surface area (TPSA) is 43.5 Å². The first-order valence-corrected chi connectivity index (χ1v) is 6.21. The molecule has 2 heterocycles. The fourth-order valence-electron chi connectivity index (χ4n) is 1.52. The van der Waals surface area contributed by atoms with E-state index in [1.807, 2.05) is 38.1 Å². The van der Waals surface area contributed by atoms with E-state index >= 15 is 0 Å². The Morgan fingerprint density at radius 1 is 0.889 bits per heavy atom. The third kappa shape index (κ3) is 2.94. The number of ether oxygens (including phenoxy) is 4. The number of benzene rings is 1. The zero-order valence-corrected chi connectivity index (χ0v) is 10.8. The molecule has 2 fully saturated rings. The first-order valence-electron chi connectivity index (χ1n) is 6.21. The highest BCUT2D eigenvalue weighted by atomic mass is 16.6. The second kappa shape index (κ2) is 4.14. The predicted molar refractivity (Wildman–Crippen MR) is 66.1 cm³/mol. The minimum absolute atomic E-state index is 0.0763. The average Bonchev–Trinajstić information content (AvgIpc) is 3.28. The number of hydrogen-bond donors (Lipinski definition) is 0. The number of hydrogen-bond acceptors (Lipinski definition) is 4. The third-order valence-corrected chi connectivity index (χ3v) is 3.19. The summed E-state index contributed by atoms with van der Waals surface area (Å²) in [6.45, 7) is 6.85. The van der Waals surface area contributed by atoms with E-state index < -0.39 is 0 Å². The Balaban J connectivity index is 1.48. The van der Waals surface area contributed by atoms with Gasteiger partial charge in [-0.15, -0.1) is 0 Å². The van der Waals surface area contributed by atoms with Gasteiger partial charge in [-0.3, -0.25) is 0 Å². The molecule has 0 bridgehead atoms. The van der Waals surface area contributed by atoms with Gasteiger partial charge in [0.2, 0.25) is 0 Å². The minimum atomic E-state index is -0.0763. The van der Waals surface area contributed by atoms with Crippen LogP contribution in [0.5, 0.6) is 11.5 Å². The lowest BCUT2D eigenvalue weighted by molar-refractivity contribution is 0.198. The summed E-state index contributed by atoms with van der Waals surface area (Å²) < 4.78 is 21.8. The van der Waals surface area contributed by atoms with Crippen LogP contribution in [0.15, 0.2) is 24.3 Å². The van der Waals surface area contributed by atoms with Crippen molar-refractivity contribution in [1.82, 2.24) is 0 Å². The standard InChI is InChI=1S/C14H18O4/c1-13(9-17-13)7-15-11-3-5-12(6-4-11)16-8-14(2)10-18-14/h3-6H,7-10H2,1-2H3. The quantitative estimate of drug-likeness (QED) is 0.724. The predicted octanol–water partition coefficient (Wildman–Crippen LogP) is 2.02. The first-order chi connectivity index (χ1) is 8.57. The SMILES string of the molecule is CC1(COc2ccc(OCC3(C)CO3)cc2)CO1. The molecule has 2 aliphatic heterocycles. The van der Waals surface area contributed by atoms with Gasteiger partial charge in [-0.25, -0.2) is 0 Å². The molecule has 4 nitrogen and oxygen atoms in total. The van der Waals surface area contributed by atoms with E-state index in [1.165, 1.54) is 0 Å². The fraction of sp³-hybridized carbons (Fsp3) is 0.571. The molecule has 18 heavy (non-hydrogen) atoms. The highest BCUT2D eigenvalue weighted by Gasteiger charge is 2.40. The normalized spacial score (nSPS) is 33.0. The van der Waals surface area contributed by atoms with Gasteiger partial charge in [0, 0.05) is 0 Å². The fourth-order valence-corrected chi connectivity index (χ4v) is 1.52. The summed E-state index contributed by atoms with van der Waals surface area (Å²) in [5.74, 6) is 1.68. The Hall–Kier alpha value is -1.26. The molecule has 98 valence electrons. The van der Waals surface area contributed by atoms with Crippen molar-refractivity contribution in [3.8, 4) is 11.5 Å². The molecular weight excluding hydrogens is 232 g/mol.